The monoisotopic (exact) mass is 235 g/mol. The molecule has 1 saturated heterocycles. The minimum atomic E-state index is 0.0881. The SMILES string of the molecule is CCc1ccc(OC)c(C2OCCNC2C)c1. The molecule has 3 nitrogen and oxygen atoms in total. The Kier molecular flexibility index (Phi) is 4.02. The summed E-state index contributed by atoms with van der Waals surface area (Å²) in [4.78, 5) is 0. The van der Waals surface area contributed by atoms with E-state index in [2.05, 4.69) is 31.3 Å². The molecule has 2 rings (SSSR count). The van der Waals surface area contributed by atoms with Gasteiger partial charge in [0.2, 0.25) is 0 Å². The lowest BCUT2D eigenvalue weighted by molar-refractivity contribution is -0.00154. The van der Waals surface area contributed by atoms with E-state index in [1.807, 2.05) is 6.07 Å². The van der Waals surface area contributed by atoms with Gasteiger partial charge in [-0.1, -0.05) is 13.0 Å². The normalized spacial score (nSPS) is 24.6. The molecule has 0 saturated carbocycles. The number of ether oxygens (including phenoxy) is 2. The van der Waals surface area contributed by atoms with E-state index in [1.165, 1.54) is 5.56 Å². The van der Waals surface area contributed by atoms with Crippen LogP contribution in [0.25, 0.3) is 0 Å². The van der Waals surface area contributed by atoms with Crippen molar-refractivity contribution < 1.29 is 9.47 Å². The Morgan fingerprint density at radius 2 is 2.29 bits per heavy atom. The van der Waals surface area contributed by atoms with Gasteiger partial charge in [-0.05, 0) is 31.0 Å². The molecule has 94 valence electrons. The quantitative estimate of drug-likeness (QED) is 0.872. The van der Waals surface area contributed by atoms with Crippen molar-refractivity contribution in [2.45, 2.75) is 32.4 Å². The van der Waals surface area contributed by atoms with E-state index in [1.54, 1.807) is 7.11 Å². The molecule has 2 atom stereocenters. The molecular formula is C14H21NO2. The van der Waals surface area contributed by atoms with Gasteiger partial charge in [-0.3, -0.25) is 0 Å². The first-order valence-corrected chi connectivity index (χ1v) is 6.28. The van der Waals surface area contributed by atoms with Gasteiger partial charge >= 0.3 is 0 Å². The van der Waals surface area contributed by atoms with E-state index in [9.17, 15) is 0 Å². The third-order valence-corrected chi connectivity index (χ3v) is 3.33. The van der Waals surface area contributed by atoms with Gasteiger partial charge in [-0.25, -0.2) is 0 Å². The van der Waals surface area contributed by atoms with E-state index in [4.69, 9.17) is 9.47 Å². The summed E-state index contributed by atoms with van der Waals surface area (Å²) < 4.78 is 11.3. The van der Waals surface area contributed by atoms with Gasteiger partial charge in [0, 0.05) is 18.2 Å². The van der Waals surface area contributed by atoms with Crippen LogP contribution in [0.2, 0.25) is 0 Å². The predicted octanol–water partition coefficient (Wildman–Crippen LogP) is 2.31. The minimum absolute atomic E-state index is 0.0881. The van der Waals surface area contributed by atoms with Gasteiger partial charge in [0.05, 0.1) is 13.7 Å². The number of nitrogens with one attached hydrogen (secondary N) is 1. The average molecular weight is 235 g/mol. The number of morpholine rings is 1. The maximum Gasteiger partial charge on any atom is 0.124 e. The fourth-order valence-corrected chi connectivity index (χ4v) is 2.31. The molecule has 1 heterocycles. The first-order chi connectivity index (χ1) is 8.26. The molecule has 1 aliphatic rings. The van der Waals surface area contributed by atoms with Crippen molar-refractivity contribution in [2.75, 3.05) is 20.3 Å². The van der Waals surface area contributed by atoms with Crippen LogP contribution in [0.3, 0.4) is 0 Å². The number of methoxy groups -OCH3 is 1. The summed E-state index contributed by atoms with van der Waals surface area (Å²) in [5.41, 5.74) is 2.48. The maximum atomic E-state index is 5.88. The summed E-state index contributed by atoms with van der Waals surface area (Å²) in [5.74, 6) is 0.919. The van der Waals surface area contributed by atoms with Crippen molar-refractivity contribution >= 4 is 0 Å². The number of rotatable bonds is 3. The van der Waals surface area contributed by atoms with Crippen molar-refractivity contribution in [1.29, 1.82) is 0 Å². The van der Waals surface area contributed by atoms with E-state index < -0.39 is 0 Å². The Balaban J connectivity index is 2.33. The molecular weight excluding hydrogens is 214 g/mol. The van der Waals surface area contributed by atoms with Gasteiger partial charge in [0.25, 0.3) is 0 Å². The molecule has 0 amide bonds. The Morgan fingerprint density at radius 1 is 1.47 bits per heavy atom. The third kappa shape index (κ3) is 2.61. The van der Waals surface area contributed by atoms with Crippen LogP contribution < -0.4 is 10.1 Å². The number of aryl methyl sites for hydroxylation is 1. The standard InChI is InChI=1S/C14H21NO2/c1-4-11-5-6-13(16-3)12(9-11)14-10(2)15-7-8-17-14/h5-6,9-10,14-15H,4,7-8H2,1-3H3. The minimum Gasteiger partial charge on any atom is -0.496 e. The van der Waals surface area contributed by atoms with Crippen LogP contribution in [0, 0.1) is 0 Å². The smallest absolute Gasteiger partial charge is 0.124 e. The summed E-state index contributed by atoms with van der Waals surface area (Å²) in [5, 5.41) is 3.44. The fourth-order valence-electron chi connectivity index (χ4n) is 2.31. The van der Waals surface area contributed by atoms with Crippen LogP contribution in [0.5, 0.6) is 5.75 Å². The maximum absolute atomic E-state index is 5.88. The van der Waals surface area contributed by atoms with E-state index in [0.717, 1.165) is 30.9 Å². The lowest BCUT2D eigenvalue weighted by atomic mass is 9.98. The van der Waals surface area contributed by atoms with Gasteiger partial charge in [-0.2, -0.15) is 0 Å². The molecule has 0 spiro atoms. The molecule has 17 heavy (non-hydrogen) atoms. The van der Waals surface area contributed by atoms with Crippen molar-refractivity contribution in [3.8, 4) is 5.75 Å². The molecule has 3 heteroatoms. The van der Waals surface area contributed by atoms with Crippen molar-refractivity contribution in [3.05, 3.63) is 29.3 Å². The molecule has 1 aromatic rings. The lowest BCUT2D eigenvalue weighted by Gasteiger charge is -2.31. The summed E-state index contributed by atoms with van der Waals surface area (Å²) in [6, 6.07) is 6.68. The van der Waals surface area contributed by atoms with Crippen LogP contribution in [-0.4, -0.2) is 26.3 Å². The molecule has 0 bridgehead atoms. The Bertz CT molecular complexity index is 378. The summed E-state index contributed by atoms with van der Waals surface area (Å²) in [7, 11) is 1.71. The highest BCUT2D eigenvalue weighted by Gasteiger charge is 2.26. The van der Waals surface area contributed by atoms with Crippen molar-refractivity contribution in [2.24, 2.45) is 0 Å². The van der Waals surface area contributed by atoms with E-state index >= 15 is 0 Å². The number of hydrogen-bond donors (Lipinski definition) is 1. The zero-order valence-corrected chi connectivity index (χ0v) is 10.8. The van der Waals surface area contributed by atoms with Crippen molar-refractivity contribution in [1.82, 2.24) is 5.32 Å². The van der Waals surface area contributed by atoms with Crippen LogP contribution in [0.1, 0.15) is 31.1 Å². The van der Waals surface area contributed by atoms with Gasteiger partial charge in [0.1, 0.15) is 11.9 Å². The van der Waals surface area contributed by atoms with E-state index in [0.29, 0.717) is 6.04 Å². The van der Waals surface area contributed by atoms with Crippen LogP contribution in [0.15, 0.2) is 18.2 Å². The second kappa shape index (κ2) is 5.52. The molecule has 0 aromatic heterocycles. The van der Waals surface area contributed by atoms with Crippen molar-refractivity contribution in [3.63, 3.8) is 0 Å². The number of benzene rings is 1. The Labute approximate surface area is 103 Å². The average Bonchev–Trinajstić information content (AvgIpc) is 2.38. The molecule has 0 radical (unpaired) electrons. The highest BCUT2D eigenvalue weighted by atomic mass is 16.5. The summed E-state index contributed by atoms with van der Waals surface area (Å²) >= 11 is 0. The fraction of sp³-hybridized carbons (Fsp3) is 0.571. The topological polar surface area (TPSA) is 30.5 Å². The van der Waals surface area contributed by atoms with Crippen LogP contribution in [-0.2, 0) is 11.2 Å². The number of hydrogen-bond acceptors (Lipinski definition) is 3. The van der Waals surface area contributed by atoms with E-state index in [-0.39, 0.29) is 6.10 Å². The van der Waals surface area contributed by atoms with Crippen LogP contribution in [0.4, 0.5) is 0 Å². The molecule has 1 N–H and O–H groups in total. The van der Waals surface area contributed by atoms with Gasteiger partial charge in [0.15, 0.2) is 0 Å². The molecule has 1 fully saturated rings. The summed E-state index contributed by atoms with van der Waals surface area (Å²) in [6.07, 6.45) is 1.12. The zero-order chi connectivity index (χ0) is 12.3. The van der Waals surface area contributed by atoms with Crippen LogP contribution >= 0.6 is 0 Å². The second-order valence-electron chi connectivity index (χ2n) is 4.46. The Morgan fingerprint density at radius 3 is 2.94 bits per heavy atom. The Hall–Kier alpha value is -1.06. The first-order valence-electron chi connectivity index (χ1n) is 6.28. The zero-order valence-electron chi connectivity index (χ0n) is 10.8. The van der Waals surface area contributed by atoms with Gasteiger partial charge in [-0.15, -0.1) is 0 Å². The molecule has 2 unspecified atom stereocenters. The second-order valence-corrected chi connectivity index (χ2v) is 4.46. The molecule has 0 aliphatic carbocycles. The molecule has 1 aromatic carbocycles. The highest BCUT2D eigenvalue weighted by molar-refractivity contribution is 5.39. The first kappa shape index (κ1) is 12.4. The third-order valence-electron chi connectivity index (χ3n) is 3.33. The highest BCUT2D eigenvalue weighted by Crippen LogP contribution is 2.32. The summed E-state index contributed by atoms with van der Waals surface area (Å²) in [6.45, 7) is 6.00. The molecule has 1 aliphatic heterocycles. The lowest BCUT2D eigenvalue weighted by Crippen LogP contribution is -2.41. The predicted molar refractivity (Wildman–Crippen MR) is 68.5 cm³/mol. The van der Waals surface area contributed by atoms with Gasteiger partial charge < -0.3 is 14.8 Å². The largest absolute Gasteiger partial charge is 0.496 e.